The minimum Gasteiger partial charge on any atom is -0.477 e. The Kier molecular flexibility index (Phi) is 4.15. The number of hydrogen-bond donors (Lipinski definition) is 1. The number of hydrogen-bond acceptors (Lipinski definition) is 4. The highest BCUT2D eigenvalue weighted by atomic mass is 16.5. The van der Waals surface area contributed by atoms with Crippen LogP contribution < -0.4 is 4.90 Å². The zero-order valence-corrected chi connectivity index (χ0v) is 10.5. The van der Waals surface area contributed by atoms with Crippen LogP contribution in [0.4, 0.5) is 5.69 Å². The van der Waals surface area contributed by atoms with Gasteiger partial charge in [0.1, 0.15) is 5.69 Å². The Bertz CT molecular complexity index is 399. The molecule has 0 amide bonds. The van der Waals surface area contributed by atoms with Crippen molar-refractivity contribution >= 4 is 11.7 Å². The molecule has 0 radical (unpaired) electrons. The predicted molar refractivity (Wildman–Crippen MR) is 68.1 cm³/mol. The number of carbonyl (C=O) groups is 1. The van der Waals surface area contributed by atoms with Crippen molar-refractivity contribution in [2.24, 2.45) is 0 Å². The summed E-state index contributed by atoms with van der Waals surface area (Å²) < 4.78 is 5.61. The van der Waals surface area contributed by atoms with Crippen LogP contribution in [0, 0.1) is 0 Å². The molecule has 2 heterocycles. The molecule has 2 rings (SSSR count). The molecule has 0 bridgehead atoms. The zero-order valence-electron chi connectivity index (χ0n) is 10.5. The maximum atomic E-state index is 10.7. The van der Waals surface area contributed by atoms with E-state index in [1.54, 1.807) is 12.3 Å². The summed E-state index contributed by atoms with van der Waals surface area (Å²) in [6.07, 6.45) is 4.11. The molecule has 0 saturated carbocycles. The number of ether oxygens (including phenoxy) is 1. The van der Waals surface area contributed by atoms with Crippen LogP contribution in [-0.4, -0.2) is 41.9 Å². The molecule has 1 N–H and O–H groups in total. The van der Waals surface area contributed by atoms with Crippen molar-refractivity contribution in [3.63, 3.8) is 0 Å². The third kappa shape index (κ3) is 2.98. The van der Waals surface area contributed by atoms with Crippen LogP contribution in [0.3, 0.4) is 0 Å². The maximum absolute atomic E-state index is 10.7. The van der Waals surface area contributed by atoms with Crippen LogP contribution in [0.2, 0.25) is 0 Å². The fourth-order valence-corrected chi connectivity index (χ4v) is 2.15. The van der Waals surface area contributed by atoms with Crippen molar-refractivity contribution < 1.29 is 14.6 Å². The van der Waals surface area contributed by atoms with Crippen molar-refractivity contribution in [3.05, 3.63) is 24.0 Å². The molecule has 5 nitrogen and oxygen atoms in total. The van der Waals surface area contributed by atoms with Gasteiger partial charge in [0.05, 0.1) is 18.0 Å². The van der Waals surface area contributed by atoms with E-state index in [1.807, 2.05) is 0 Å². The van der Waals surface area contributed by atoms with E-state index in [1.165, 1.54) is 6.07 Å². The quantitative estimate of drug-likeness (QED) is 0.863. The fraction of sp³-hybridized carbons (Fsp3) is 0.538. The Balaban J connectivity index is 2.04. The number of rotatable bonds is 5. The van der Waals surface area contributed by atoms with E-state index >= 15 is 0 Å². The summed E-state index contributed by atoms with van der Waals surface area (Å²) in [5, 5.41) is 8.81. The Labute approximate surface area is 106 Å². The van der Waals surface area contributed by atoms with Crippen LogP contribution in [-0.2, 0) is 4.74 Å². The van der Waals surface area contributed by atoms with Gasteiger partial charge in [0, 0.05) is 19.7 Å². The Morgan fingerprint density at radius 3 is 2.94 bits per heavy atom. The molecule has 1 atom stereocenters. The largest absolute Gasteiger partial charge is 0.477 e. The van der Waals surface area contributed by atoms with Crippen molar-refractivity contribution in [2.45, 2.75) is 25.9 Å². The lowest BCUT2D eigenvalue weighted by molar-refractivity contribution is 0.0690. The van der Waals surface area contributed by atoms with E-state index in [2.05, 4.69) is 16.8 Å². The number of carboxylic acids is 1. The van der Waals surface area contributed by atoms with Gasteiger partial charge in [0.15, 0.2) is 0 Å². The monoisotopic (exact) mass is 250 g/mol. The second-order valence-electron chi connectivity index (χ2n) is 4.38. The SMILES string of the molecule is CCN(CC1CCCO1)c1ccc(C(=O)O)nc1. The minimum atomic E-state index is -0.997. The Hall–Kier alpha value is -1.62. The van der Waals surface area contributed by atoms with E-state index in [0.717, 1.165) is 38.2 Å². The summed E-state index contributed by atoms with van der Waals surface area (Å²) in [4.78, 5) is 16.8. The summed E-state index contributed by atoms with van der Waals surface area (Å²) >= 11 is 0. The molecule has 5 heteroatoms. The van der Waals surface area contributed by atoms with Gasteiger partial charge in [-0.15, -0.1) is 0 Å². The summed E-state index contributed by atoms with van der Waals surface area (Å²) in [6.45, 7) is 4.61. The van der Waals surface area contributed by atoms with Gasteiger partial charge in [0.25, 0.3) is 0 Å². The summed E-state index contributed by atoms with van der Waals surface area (Å²) in [5.41, 5.74) is 1.02. The molecule has 1 aliphatic heterocycles. The van der Waals surface area contributed by atoms with E-state index < -0.39 is 5.97 Å². The van der Waals surface area contributed by atoms with Crippen molar-refractivity contribution in [3.8, 4) is 0 Å². The summed E-state index contributed by atoms with van der Waals surface area (Å²) in [5.74, 6) is -0.997. The van der Waals surface area contributed by atoms with Gasteiger partial charge in [-0.3, -0.25) is 0 Å². The van der Waals surface area contributed by atoms with Crippen LogP contribution in [0.25, 0.3) is 0 Å². The molecule has 98 valence electrons. The third-order valence-corrected chi connectivity index (χ3v) is 3.16. The highest BCUT2D eigenvalue weighted by Crippen LogP contribution is 2.18. The second-order valence-corrected chi connectivity index (χ2v) is 4.38. The van der Waals surface area contributed by atoms with Crippen molar-refractivity contribution in [1.82, 2.24) is 4.98 Å². The number of aromatic nitrogens is 1. The first-order valence-electron chi connectivity index (χ1n) is 6.26. The fourth-order valence-electron chi connectivity index (χ4n) is 2.15. The lowest BCUT2D eigenvalue weighted by atomic mass is 10.2. The maximum Gasteiger partial charge on any atom is 0.354 e. The summed E-state index contributed by atoms with van der Waals surface area (Å²) in [6, 6.07) is 3.34. The second kappa shape index (κ2) is 5.82. The normalized spacial score (nSPS) is 18.8. The molecule has 1 aromatic rings. The molecule has 0 aromatic carbocycles. The average molecular weight is 250 g/mol. The number of nitrogens with zero attached hydrogens (tertiary/aromatic N) is 2. The highest BCUT2D eigenvalue weighted by molar-refractivity contribution is 5.85. The molecule has 1 aliphatic rings. The van der Waals surface area contributed by atoms with Crippen LogP contribution in [0.15, 0.2) is 18.3 Å². The number of carboxylic acid groups (broad SMARTS) is 1. The first-order chi connectivity index (χ1) is 8.70. The molecule has 0 aliphatic carbocycles. The van der Waals surface area contributed by atoms with E-state index in [9.17, 15) is 4.79 Å². The molecule has 0 spiro atoms. The van der Waals surface area contributed by atoms with Crippen LogP contribution in [0.5, 0.6) is 0 Å². The number of anilines is 1. The van der Waals surface area contributed by atoms with Gasteiger partial charge in [-0.2, -0.15) is 0 Å². The minimum absolute atomic E-state index is 0.0759. The average Bonchev–Trinajstić information content (AvgIpc) is 2.89. The van der Waals surface area contributed by atoms with E-state index in [-0.39, 0.29) is 11.8 Å². The molecule has 18 heavy (non-hydrogen) atoms. The number of pyridine rings is 1. The zero-order chi connectivity index (χ0) is 13.0. The smallest absolute Gasteiger partial charge is 0.354 e. The van der Waals surface area contributed by atoms with Gasteiger partial charge in [-0.1, -0.05) is 0 Å². The van der Waals surface area contributed by atoms with Gasteiger partial charge < -0.3 is 14.7 Å². The summed E-state index contributed by atoms with van der Waals surface area (Å²) in [7, 11) is 0. The molecule has 1 saturated heterocycles. The molecule has 1 fully saturated rings. The lowest BCUT2D eigenvalue weighted by Crippen LogP contribution is -2.32. The van der Waals surface area contributed by atoms with Gasteiger partial charge >= 0.3 is 5.97 Å². The van der Waals surface area contributed by atoms with Gasteiger partial charge in [-0.05, 0) is 31.9 Å². The van der Waals surface area contributed by atoms with Crippen LogP contribution in [0.1, 0.15) is 30.3 Å². The lowest BCUT2D eigenvalue weighted by Gasteiger charge is -2.25. The van der Waals surface area contributed by atoms with E-state index in [4.69, 9.17) is 9.84 Å². The van der Waals surface area contributed by atoms with Gasteiger partial charge in [-0.25, -0.2) is 9.78 Å². The van der Waals surface area contributed by atoms with Crippen molar-refractivity contribution in [2.75, 3.05) is 24.6 Å². The number of aromatic carboxylic acids is 1. The highest BCUT2D eigenvalue weighted by Gasteiger charge is 2.19. The standard InChI is InChI=1S/C13H18N2O3/c1-2-15(9-11-4-3-7-18-11)10-5-6-12(13(16)17)14-8-10/h5-6,8,11H,2-4,7,9H2,1H3,(H,16,17). The molecule has 1 aromatic heterocycles. The molecule has 1 unspecified atom stereocenters. The first-order valence-corrected chi connectivity index (χ1v) is 6.26. The van der Waals surface area contributed by atoms with E-state index in [0.29, 0.717) is 0 Å². The molecular weight excluding hydrogens is 232 g/mol. The van der Waals surface area contributed by atoms with Gasteiger partial charge in [0.2, 0.25) is 0 Å². The van der Waals surface area contributed by atoms with Crippen molar-refractivity contribution in [1.29, 1.82) is 0 Å². The molecular formula is C13H18N2O3. The third-order valence-electron chi connectivity index (χ3n) is 3.16. The predicted octanol–water partition coefficient (Wildman–Crippen LogP) is 1.79. The van der Waals surface area contributed by atoms with Crippen LogP contribution >= 0.6 is 0 Å². The Morgan fingerprint density at radius 1 is 1.61 bits per heavy atom. The number of likely N-dealkylation sites (N-methyl/N-ethyl adjacent to an activating group) is 1. The Morgan fingerprint density at radius 2 is 2.44 bits per heavy atom. The topological polar surface area (TPSA) is 62.7 Å². The first kappa shape index (κ1) is 12.8.